The Morgan fingerprint density at radius 1 is 0.773 bits per heavy atom. The minimum atomic E-state index is -0.345. The molecule has 4 atom stereocenters. The summed E-state index contributed by atoms with van der Waals surface area (Å²) >= 11 is 0. The monoisotopic (exact) mass is 596 g/mol. The Balaban J connectivity index is 1.88. The van der Waals surface area contributed by atoms with E-state index in [0.717, 1.165) is 43.1 Å². The zero-order valence-corrected chi connectivity index (χ0v) is 28.9. The minimum Gasteiger partial charge on any atom is -0.381 e. The van der Waals surface area contributed by atoms with Gasteiger partial charge in [-0.05, 0) is 83.3 Å². The fourth-order valence-corrected chi connectivity index (χ4v) is 6.27. The van der Waals surface area contributed by atoms with Gasteiger partial charge < -0.3 is 9.53 Å². The van der Waals surface area contributed by atoms with Crippen LogP contribution < -0.4 is 0 Å². The van der Waals surface area contributed by atoms with Crippen LogP contribution in [0.3, 0.4) is 0 Å². The van der Waals surface area contributed by atoms with Crippen LogP contribution >= 0.6 is 0 Å². The van der Waals surface area contributed by atoms with Crippen LogP contribution in [-0.2, 0) is 14.3 Å². The summed E-state index contributed by atoms with van der Waals surface area (Å²) in [5.74, 6) is 0.644. The van der Waals surface area contributed by atoms with Gasteiger partial charge in [-0.25, -0.2) is 0 Å². The number of ketones is 1. The molecule has 0 aliphatic heterocycles. The number of ether oxygens (including phenoxy) is 1. The molecule has 3 heteroatoms. The zero-order valence-electron chi connectivity index (χ0n) is 28.9. The molecule has 2 aliphatic rings. The molecule has 1 fully saturated rings. The Labute approximate surface area is 268 Å². The van der Waals surface area contributed by atoms with Gasteiger partial charge in [-0.15, -0.1) is 0 Å². The Morgan fingerprint density at radius 3 is 1.80 bits per heavy atom. The van der Waals surface area contributed by atoms with Gasteiger partial charge in [-0.3, -0.25) is 4.79 Å². The Morgan fingerprint density at radius 2 is 1.30 bits per heavy atom. The van der Waals surface area contributed by atoms with Crippen molar-refractivity contribution >= 4 is 12.1 Å². The van der Waals surface area contributed by atoms with Crippen molar-refractivity contribution in [3.63, 3.8) is 0 Å². The molecule has 0 aromatic carbocycles. The number of carbonyl (C=O) groups is 2. The maximum absolute atomic E-state index is 12.9. The van der Waals surface area contributed by atoms with Gasteiger partial charge in [0, 0.05) is 18.4 Å². The topological polar surface area (TPSA) is 43.4 Å². The van der Waals surface area contributed by atoms with Gasteiger partial charge in [-0.1, -0.05) is 135 Å². The van der Waals surface area contributed by atoms with E-state index in [0.29, 0.717) is 5.92 Å². The van der Waals surface area contributed by atoms with Crippen LogP contribution in [0.4, 0.5) is 0 Å². The summed E-state index contributed by atoms with van der Waals surface area (Å²) in [6, 6.07) is 0. The van der Waals surface area contributed by atoms with Crippen molar-refractivity contribution in [2.24, 2.45) is 22.7 Å². The molecule has 44 heavy (non-hydrogen) atoms. The molecule has 1 saturated carbocycles. The first-order valence-corrected chi connectivity index (χ1v) is 16.0. The number of rotatable bonds is 13. The van der Waals surface area contributed by atoms with Crippen LogP contribution in [0.5, 0.6) is 0 Å². The standard InChI is InChI=1S/C41H56O3/c1-30(17-13-19-32(3)21-23-38-34(5)25-36(29-42)27-40(38,7)8)15-11-12-16-31(2)18-14-20-33(4)22-24-39(43)41(9)28-37(44-10)26-35(41)6/h11-24,29,35-37H,25-28H2,1-10H3/b12-11+,17-13+,18-14+,23-21+,24-22+,30-15+,31-16+,32-19+,33-20+/t35-,36?,37?,41?/m1/s1. The average molecular weight is 597 g/mol. The van der Waals surface area contributed by atoms with Gasteiger partial charge in [0.1, 0.15) is 6.29 Å². The quantitative estimate of drug-likeness (QED) is 0.121. The first-order valence-electron chi connectivity index (χ1n) is 16.0. The first-order chi connectivity index (χ1) is 20.7. The van der Waals surface area contributed by atoms with Crippen molar-refractivity contribution in [2.75, 3.05) is 7.11 Å². The normalized spacial score (nSPS) is 27.7. The van der Waals surface area contributed by atoms with E-state index in [1.807, 2.05) is 31.2 Å². The van der Waals surface area contributed by atoms with E-state index < -0.39 is 0 Å². The molecule has 3 unspecified atom stereocenters. The SMILES string of the molecule is COC1C[C@@H](C)C(C)(C(=O)/C=C/C(C)=C/C=C/C(C)=C/C=C/C=C(C)/C=C/C=C(C)/C=C/C2=C(C)CC(C=O)CC2(C)C)C1. The second-order valence-electron chi connectivity index (χ2n) is 13.8. The van der Waals surface area contributed by atoms with E-state index in [9.17, 15) is 9.59 Å². The van der Waals surface area contributed by atoms with E-state index in [4.69, 9.17) is 4.74 Å². The van der Waals surface area contributed by atoms with Gasteiger partial charge in [-0.2, -0.15) is 0 Å². The van der Waals surface area contributed by atoms with Crippen molar-refractivity contribution in [1.82, 2.24) is 0 Å². The zero-order chi connectivity index (χ0) is 32.9. The third-order valence-corrected chi connectivity index (χ3v) is 9.25. The molecule has 0 spiro atoms. The summed E-state index contributed by atoms with van der Waals surface area (Å²) in [5, 5.41) is 0. The molecule has 0 bridgehead atoms. The summed E-state index contributed by atoms with van der Waals surface area (Å²) < 4.78 is 5.51. The molecule has 0 radical (unpaired) electrons. The number of aldehydes is 1. The summed E-state index contributed by atoms with van der Waals surface area (Å²) in [7, 11) is 1.73. The molecule has 3 nitrogen and oxygen atoms in total. The fourth-order valence-electron chi connectivity index (χ4n) is 6.27. The second-order valence-corrected chi connectivity index (χ2v) is 13.8. The molecule has 238 valence electrons. The maximum Gasteiger partial charge on any atom is 0.161 e. The first kappa shape index (κ1) is 36.9. The van der Waals surface area contributed by atoms with Gasteiger partial charge in [0.15, 0.2) is 5.78 Å². The molecule has 2 aliphatic carbocycles. The van der Waals surface area contributed by atoms with Gasteiger partial charge in [0.2, 0.25) is 0 Å². The highest BCUT2D eigenvalue weighted by Crippen LogP contribution is 2.45. The summed E-state index contributed by atoms with van der Waals surface area (Å²) in [6.07, 6.45) is 33.5. The molecule has 0 aromatic rings. The molecule has 0 heterocycles. The summed E-state index contributed by atoms with van der Waals surface area (Å²) in [4.78, 5) is 24.2. The van der Waals surface area contributed by atoms with E-state index in [1.54, 1.807) is 13.2 Å². The molecule has 0 amide bonds. The largest absolute Gasteiger partial charge is 0.381 e. The molecular weight excluding hydrogens is 540 g/mol. The molecule has 0 aromatic heterocycles. The third-order valence-electron chi connectivity index (χ3n) is 9.25. The van der Waals surface area contributed by atoms with E-state index in [1.165, 1.54) is 22.3 Å². The van der Waals surface area contributed by atoms with Crippen molar-refractivity contribution in [2.45, 2.75) is 94.1 Å². The Bertz CT molecular complexity index is 1330. The van der Waals surface area contributed by atoms with E-state index in [2.05, 4.69) is 110 Å². The highest BCUT2D eigenvalue weighted by atomic mass is 16.5. The summed E-state index contributed by atoms with van der Waals surface area (Å²) in [5.41, 5.74) is 6.88. The van der Waals surface area contributed by atoms with Crippen LogP contribution in [0.2, 0.25) is 0 Å². The Kier molecular flexibility index (Phi) is 14.5. The highest BCUT2D eigenvalue weighted by molar-refractivity contribution is 5.95. The third kappa shape index (κ3) is 11.3. The molecule has 0 saturated heterocycles. The van der Waals surface area contributed by atoms with E-state index in [-0.39, 0.29) is 28.6 Å². The number of hydrogen-bond acceptors (Lipinski definition) is 3. The lowest BCUT2D eigenvalue weighted by molar-refractivity contribution is -0.124. The average Bonchev–Trinajstić information content (AvgIpc) is 3.27. The van der Waals surface area contributed by atoms with Crippen LogP contribution in [0.15, 0.2) is 119 Å². The lowest BCUT2D eigenvalue weighted by Crippen LogP contribution is -2.29. The van der Waals surface area contributed by atoms with Gasteiger partial charge >= 0.3 is 0 Å². The lowest BCUT2D eigenvalue weighted by atomic mass is 9.68. The highest BCUT2D eigenvalue weighted by Gasteiger charge is 2.45. The minimum absolute atomic E-state index is 0.0188. The Hall–Kier alpha value is -3.30. The van der Waals surface area contributed by atoms with Crippen LogP contribution in [-0.4, -0.2) is 25.3 Å². The number of methoxy groups -OCH3 is 1. The van der Waals surface area contributed by atoms with Crippen molar-refractivity contribution in [3.8, 4) is 0 Å². The number of carbonyl (C=O) groups excluding carboxylic acids is 2. The van der Waals surface area contributed by atoms with E-state index >= 15 is 0 Å². The van der Waals surface area contributed by atoms with Gasteiger partial charge in [0.25, 0.3) is 0 Å². The fraction of sp³-hybridized carbons (Fsp3) is 0.463. The van der Waals surface area contributed by atoms with Gasteiger partial charge in [0.05, 0.1) is 6.10 Å². The molecule has 2 rings (SSSR count). The van der Waals surface area contributed by atoms with Crippen molar-refractivity contribution in [1.29, 1.82) is 0 Å². The molecule has 0 N–H and O–H groups in total. The van der Waals surface area contributed by atoms with Crippen LogP contribution in [0, 0.1) is 22.7 Å². The van der Waals surface area contributed by atoms with Crippen LogP contribution in [0.25, 0.3) is 0 Å². The number of allylic oxidation sites excluding steroid dienone is 20. The molecular formula is C41H56O3. The van der Waals surface area contributed by atoms with Crippen molar-refractivity contribution < 1.29 is 14.3 Å². The predicted molar refractivity (Wildman–Crippen MR) is 188 cm³/mol. The number of hydrogen-bond donors (Lipinski definition) is 0. The lowest BCUT2D eigenvalue weighted by Gasteiger charge is -2.36. The van der Waals surface area contributed by atoms with Crippen molar-refractivity contribution in [3.05, 3.63) is 119 Å². The van der Waals surface area contributed by atoms with Crippen LogP contribution in [0.1, 0.15) is 88.0 Å². The predicted octanol–water partition coefficient (Wildman–Crippen LogP) is 10.5. The summed E-state index contributed by atoms with van der Waals surface area (Å²) in [6.45, 7) is 19.1. The smallest absolute Gasteiger partial charge is 0.161 e. The second kappa shape index (κ2) is 17.3. The maximum atomic E-state index is 12.9.